The van der Waals surface area contributed by atoms with Crippen molar-refractivity contribution in [1.82, 2.24) is 20.1 Å². The number of amides is 2. The molecule has 0 aliphatic heterocycles. The lowest BCUT2D eigenvalue weighted by molar-refractivity contribution is -0.113. The van der Waals surface area contributed by atoms with E-state index in [-0.39, 0.29) is 24.1 Å². The molecule has 0 spiro atoms. The second kappa shape index (κ2) is 11.1. The first-order valence-electron chi connectivity index (χ1n) is 9.94. The summed E-state index contributed by atoms with van der Waals surface area (Å²) in [5, 5.41) is 14.7. The average Bonchev–Trinajstić information content (AvgIpc) is 3.20. The number of hydrogen-bond donors (Lipinski definition) is 2. The van der Waals surface area contributed by atoms with E-state index in [1.54, 1.807) is 31.4 Å². The van der Waals surface area contributed by atoms with Gasteiger partial charge in [0.15, 0.2) is 11.0 Å². The van der Waals surface area contributed by atoms with E-state index >= 15 is 0 Å². The number of thioether (sulfide) groups is 1. The third-order valence-electron chi connectivity index (χ3n) is 4.64. The van der Waals surface area contributed by atoms with Crippen molar-refractivity contribution < 1.29 is 14.3 Å². The number of aryl methyl sites for hydroxylation is 1. The summed E-state index contributed by atoms with van der Waals surface area (Å²) < 4.78 is 7.99. The Morgan fingerprint density at radius 2 is 1.91 bits per heavy atom. The van der Waals surface area contributed by atoms with Crippen LogP contribution in [0.5, 0.6) is 5.75 Å². The quantitative estimate of drug-likeness (QED) is 0.415. The molecule has 1 heterocycles. The van der Waals surface area contributed by atoms with Gasteiger partial charge in [0.1, 0.15) is 5.75 Å². The van der Waals surface area contributed by atoms with Gasteiger partial charge in [-0.3, -0.25) is 9.59 Å². The highest BCUT2D eigenvalue weighted by atomic mass is 79.9. The van der Waals surface area contributed by atoms with Gasteiger partial charge in [-0.25, -0.2) is 0 Å². The molecule has 2 amide bonds. The molecule has 0 unspecified atom stereocenters. The monoisotopic (exact) mass is 517 g/mol. The number of nitrogens with zero attached hydrogens (tertiary/aromatic N) is 3. The van der Waals surface area contributed by atoms with Crippen LogP contribution in [0.4, 0.5) is 5.69 Å². The molecule has 1 aromatic heterocycles. The van der Waals surface area contributed by atoms with Gasteiger partial charge in [-0.1, -0.05) is 27.7 Å². The highest BCUT2D eigenvalue weighted by Gasteiger charge is 2.15. The molecule has 3 rings (SSSR count). The molecule has 0 saturated heterocycles. The largest absolute Gasteiger partial charge is 0.497 e. The molecular weight excluding hydrogens is 494 g/mol. The Kier molecular flexibility index (Phi) is 8.29. The van der Waals surface area contributed by atoms with Crippen LogP contribution < -0.4 is 15.4 Å². The first kappa shape index (κ1) is 23.8. The number of ether oxygens (including phenoxy) is 1. The predicted octanol–water partition coefficient (Wildman–Crippen LogP) is 4.04. The maximum atomic E-state index is 12.4. The molecule has 10 heteroatoms. The summed E-state index contributed by atoms with van der Waals surface area (Å²) in [5.74, 6) is 1.17. The summed E-state index contributed by atoms with van der Waals surface area (Å²) in [6.07, 6.45) is 0. The van der Waals surface area contributed by atoms with Crippen LogP contribution in [0.2, 0.25) is 0 Å². The lowest BCUT2D eigenvalue weighted by Crippen LogP contribution is -2.24. The molecule has 0 fully saturated rings. The van der Waals surface area contributed by atoms with Crippen LogP contribution in [-0.2, 0) is 17.9 Å². The van der Waals surface area contributed by atoms with Crippen LogP contribution in [0.1, 0.15) is 28.7 Å². The molecule has 8 nitrogen and oxygen atoms in total. The second-order valence-corrected chi connectivity index (χ2v) is 8.65. The molecule has 0 aliphatic carbocycles. The minimum atomic E-state index is -0.211. The zero-order valence-electron chi connectivity index (χ0n) is 18.0. The number of benzene rings is 2. The fourth-order valence-electron chi connectivity index (χ4n) is 2.93. The summed E-state index contributed by atoms with van der Waals surface area (Å²) >= 11 is 4.75. The van der Waals surface area contributed by atoms with Crippen molar-refractivity contribution in [3.8, 4) is 5.75 Å². The summed E-state index contributed by atoms with van der Waals surface area (Å²) in [6, 6.07) is 12.5. The van der Waals surface area contributed by atoms with Crippen LogP contribution in [-0.4, -0.2) is 39.4 Å². The first-order valence-corrected chi connectivity index (χ1v) is 11.7. The van der Waals surface area contributed by atoms with E-state index in [9.17, 15) is 9.59 Å². The van der Waals surface area contributed by atoms with Gasteiger partial charge >= 0.3 is 0 Å². The number of methoxy groups -OCH3 is 1. The maximum absolute atomic E-state index is 12.4. The van der Waals surface area contributed by atoms with Crippen molar-refractivity contribution in [3.63, 3.8) is 0 Å². The molecule has 0 radical (unpaired) electrons. The van der Waals surface area contributed by atoms with E-state index in [1.165, 1.54) is 11.8 Å². The first-order chi connectivity index (χ1) is 15.4. The molecule has 2 aromatic carbocycles. The van der Waals surface area contributed by atoms with Crippen molar-refractivity contribution in [1.29, 1.82) is 0 Å². The third-order valence-corrected chi connectivity index (χ3v) is 6.50. The smallest absolute Gasteiger partial charge is 0.251 e. The van der Waals surface area contributed by atoms with Gasteiger partial charge in [0, 0.05) is 22.3 Å². The molecule has 2 N–H and O–H groups in total. The second-order valence-electron chi connectivity index (χ2n) is 6.86. The Hall–Kier alpha value is -2.85. The Morgan fingerprint density at radius 3 is 2.56 bits per heavy atom. The van der Waals surface area contributed by atoms with Gasteiger partial charge in [-0.15, -0.1) is 10.2 Å². The fourth-order valence-corrected chi connectivity index (χ4v) is 4.00. The number of hydrogen-bond acceptors (Lipinski definition) is 6. The lowest BCUT2D eigenvalue weighted by Gasteiger charge is -2.09. The molecular formula is C22H24BrN5O3S. The maximum Gasteiger partial charge on any atom is 0.251 e. The van der Waals surface area contributed by atoms with Crippen LogP contribution in [0.25, 0.3) is 0 Å². The summed E-state index contributed by atoms with van der Waals surface area (Å²) in [4.78, 5) is 24.7. The van der Waals surface area contributed by atoms with Gasteiger partial charge in [-0.2, -0.15) is 0 Å². The molecule has 168 valence electrons. The Morgan fingerprint density at radius 1 is 1.16 bits per heavy atom. The number of halogens is 1. The molecule has 3 aromatic rings. The van der Waals surface area contributed by atoms with Gasteiger partial charge in [-0.05, 0) is 61.9 Å². The molecule has 0 bridgehead atoms. The zero-order valence-corrected chi connectivity index (χ0v) is 20.4. The summed E-state index contributed by atoms with van der Waals surface area (Å²) in [7, 11) is 1.58. The number of anilines is 1. The Labute approximate surface area is 199 Å². The molecule has 0 aliphatic rings. The van der Waals surface area contributed by atoms with Crippen molar-refractivity contribution in [2.45, 2.75) is 32.1 Å². The SMILES string of the molecule is CCn1c(CNC(=O)c2ccc(OC)cc2)nnc1SCC(=O)Nc1ccc(Br)c(C)c1. The van der Waals surface area contributed by atoms with Gasteiger partial charge in [0.05, 0.1) is 19.4 Å². The highest BCUT2D eigenvalue weighted by molar-refractivity contribution is 9.10. The molecule has 0 atom stereocenters. The van der Waals surface area contributed by atoms with Gasteiger partial charge in [0.2, 0.25) is 5.91 Å². The number of carbonyl (C=O) groups is 2. The minimum Gasteiger partial charge on any atom is -0.497 e. The van der Waals surface area contributed by atoms with E-state index < -0.39 is 0 Å². The van der Waals surface area contributed by atoms with Crippen LogP contribution >= 0.6 is 27.7 Å². The van der Waals surface area contributed by atoms with Crippen molar-refractivity contribution in [2.75, 3.05) is 18.2 Å². The highest BCUT2D eigenvalue weighted by Crippen LogP contribution is 2.21. The number of rotatable bonds is 9. The normalized spacial score (nSPS) is 10.6. The van der Waals surface area contributed by atoms with E-state index in [4.69, 9.17) is 4.74 Å². The summed E-state index contributed by atoms with van der Waals surface area (Å²) in [6.45, 7) is 4.79. The van der Waals surface area contributed by atoms with E-state index in [0.717, 1.165) is 15.7 Å². The number of carbonyl (C=O) groups excluding carboxylic acids is 2. The molecule has 32 heavy (non-hydrogen) atoms. The van der Waals surface area contributed by atoms with Crippen LogP contribution in [0, 0.1) is 6.92 Å². The van der Waals surface area contributed by atoms with E-state index in [0.29, 0.717) is 28.8 Å². The third kappa shape index (κ3) is 6.10. The van der Waals surface area contributed by atoms with Crippen LogP contribution in [0.15, 0.2) is 52.1 Å². The van der Waals surface area contributed by atoms with E-state index in [2.05, 4.69) is 36.8 Å². The van der Waals surface area contributed by atoms with Gasteiger partial charge in [0.25, 0.3) is 5.91 Å². The predicted molar refractivity (Wildman–Crippen MR) is 128 cm³/mol. The Balaban J connectivity index is 1.56. The average molecular weight is 518 g/mol. The zero-order chi connectivity index (χ0) is 23.1. The topological polar surface area (TPSA) is 98.1 Å². The standard InChI is InChI=1S/C22H24BrN5O3S/c1-4-28-19(12-24-21(30)15-5-8-17(31-3)9-6-15)26-27-22(28)32-13-20(29)25-16-7-10-18(23)14(2)11-16/h5-11H,4,12-13H2,1-3H3,(H,24,30)(H,25,29). The number of aromatic nitrogens is 3. The van der Waals surface area contributed by atoms with Crippen LogP contribution in [0.3, 0.4) is 0 Å². The fraction of sp³-hybridized carbons (Fsp3) is 0.273. The van der Waals surface area contributed by atoms with E-state index in [1.807, 2.05) is 36.6 Å². The number of nitrogens with one attached hydrogen (secondary N) is 2. The van der Waals surface area contributed by atoms with Crippen molar-refractivity contribution in [2.24, 2.45) is 0 Å². The van der Waals surface area contributed by atoms with Gasteiger partial charge < -0.3 is 19.9 Å². The summed E-state index contributed by atoms with van der Waals surface area (Å²) in [5.41, 5.74) is 2.32. The Bertz CT molecular complexity index is 1100. The minimum absolute atomic E-state index is 0.128. The van der Waals surface area contributed by atoms with Crippen molar-refractivity contribution >= 4 is 45.2 Å². The van der Waals surface area contributed by atoms with Crippen molar-refractivity contribution in [3.05, 3.63) is 63.9 Å². The molecule has 0 saturated carbocycles. The lowest BCUT2D eigenvalue weighted by atomic mass is 10.2.